The monoisotopic (exact) mass is 231 g/mol. The summed E-state index contributed by atoms with van der Waals surface area (Å²) in [5, 5.41) is 2.95. The van der Waals surface area contributed by atoms with E-state index in [1.54, 1.807) is 25.2 Å². The molecule has 0 radical (unpaired) electrons. The van der Waals surface area contributed by atoms with Crippen molar-refractivity contribution in [2.75, 3.05) is 12.4 Å². The smallest absolute Gasteiger partial charge is 0.152 e. The lowest BCUT2D eigenvalue weighted by Crippen LogP contribution is -2.03. The molecule has 1 heterocycles. The van der Waals surface area contributed by atoms with E-state index in [1.165, 1.54) is 6.07 Å². The van der Waals surface area contributed by atoms with Crippen molar-refractivity contribution < 1.29 is 4.39 Å². The van der Waals surface area contributed by atoms with E-state index in [4.69, 9.17) is 0 Å². The van der Waals surface area contributed by atoms with Crippen LogP contribution in [-0.2, 0) is 0 Å². The van der Waals surface area contributed by atoms with Crippen LogP contribution in [0, 0.1) is 19.7 Å². The lowest BCUT2D eigenvalue weighted by Gasteiger charge is -2.10. The summed E-state index contributed by atoms with van der Waals surface area (Å²) >= 11 is 0. The molecule has 3 nitrogen and oxygen atoms in total. The second kappa shape index (κ2) is 4.49. The Bertz CT molecular complexity index is 552. The van der Waals surface area contributed by atoms with Crippen LogP contribution in [0.5, 0.6) is 0 Å². The summed E-state index contributed by atoms with van der Waals surface area (Å²) in [6, 6.07) is 6.57. The quantitative estimate of drug-likeness (QED) is 0.863. The normalized spacial score (nSPS) is 10.4. The summed E-state index contributed by atoms with van der Waals surface area (Å²) in [6.07, 6.45) is 0. The van der Waals surface area contributed by atoms with Gasteiger partial charge >= 0.3 is 0 Å². The summed E-state index contributed by atoms with van der Waals surface area (Å²) in [5.74, 6) is 0.305. The highest BCUT2D eigenvalue weighted by molar-refractivity contribution is 5.72. The minimum Gasteiger partial charge on any atom is -0.371 e. The van der Waals surface area contributed by atoms with Crippen molar-refractivity contribution in [2.45, 2.75) is 13.8 Å². The van der Waals surface area contributed by atoms with Gasteiger partial charge < -0.3 is 5.32 Å². The Kier molecular flexibility index (Phi) is 3.04. The first-order valence-electron chi connectivity index (χ1n) is 5.41. The molecule has 0 saturated heterocycles. The molecule has 1 aromatic carbocycles. The molecular formula is C13H14FN3. The van der Waals surface area contributed by atoms with Gasteiger partial charge in [0, 0.05) is 12.6 Å². The van der Waals surface area contributed by atoms with E-state index in [1.807, 2.05) is 13.8 Å². The van der Waals surface area contributed by atoms with Crippen molar-refractivity contribution in [3.05, 3.63) is 41.5 Å². The Morgan fingerprint density at radius 1 is 1.06 bits per heavy atom. The fourth-order valence-corrected chi connectivity index (χ4v) is 1.62. The summed E-state index contributed by atoms with van der Waals surface area (Å²) in [4.78, 5) is 8.78. The molecule has 0 spiro atoms. The van der Waals surface area contributed by atoms with E-state index in [0.717, 1.165) is 11.4 Å². The SMILES string of the molecule is CNc1nc(C)c(C)nc1-c1ccccc1F. The Morgan fingerprint density at radius 2 is 1.71 bits per heavy atom. The van der Waals surface area contributed by atoms with E-state index in [0.29, 0.717) is 17.1 Å². The molecule has 4 heteroatoms. The van der Waals surface area contributed by atoms with Gasteiger partial charge in [0.15, 0.2) is 5.82 Å². The maximum absolute atomic E-state index is 13.7. The van der Waals surface area contributed by atoms with Crippen LogP contribution in [0.25, 0.3) is 11.3 Å². The third kappa shape index (κ3) is 2.11. The summed E-state index contributed by atoms with van der Waals surface area (Å²) in [7, 11) is 1.75. The second-order valence-corrected chi connectivity index (χ2v) is 3.82. The fraction of sp³-hybridized carbons (Fsp3) is 0.231. The van der Waals surface area contributed by atoms with Gasteiger partial charge in [0.25, 0.3) is 0 Å². The number of anilines is 1. The van der Waals surface area contributed by atoms with E-state index >= 15 is 0 Å². The second-order valence-electron chi connectivity index (χ2n) is 3.82. The van der Waals surface area contributed by atoms with Crippen LogP contribution >= 0.6 is 0 Å². The minimum absolute atomic E-state index is 0.290. The van der Waals surface area contributed by atoms with Crippen LogP contribution in [0.1, 0.15) is 11.4 Å². The van der Waals surface area contributed by atoms with Crippen molar-refractivity contribution in [1.82, 2.24) is 9.97 Å². The van der Waals surface area contributed by atoms with Gasteiger partial charge in [-0.25, -0.2) is 14.4 Å². The molecule has 88 valence electrons. The Balaban J connectivity index is 2.67. The molecule has 17 heavy (non-hydrogen) atoms. The summed E-state index contributed by atoms with van der Waals surface area (Å²) in [6.45, 7) is 3.75. The molecular weight excluding hydrogens is 217 g/mol. The lowest BCUT2D eigenvalue weighted by molar-refractivity contribution is 0.630. The molecule has 0 aliphatic carbocycles. The number of hydrogen-bond donors (Lipinski definition) is 1. The van der Waals surface area contributed by atoms with Gasteiger partial charge in [0.2, 0.25) is 0 Å². The average molecular weight is 231 g/mol. The van der Waals surface area contributed by atoms with Crippen LogP contribution in [-0.4, -0.2) is 17.0 Å². The molecule has 0 atom stereocenters. The van der Waals surface area contributed by atoms with Crippen molar-refractivity contribution >= 4 is 5.82 Å². The third-order valence-electron chi connectivity index (χ3n) is 2.67. The number of hydrogen-bond acceptors (Lipinski definition) is 3. The summed E-state index contributed by atoms with van der Waals surface area (Å²) < 4.78 is 13.7. The average Bonchev–Trinajstić information content (AvgIpc) is 2.33. The van der Waals surface area contributed by atoms with E-state index in [9.17, 15) is 4.39 Å². The van der Waals surface area contributed by atoms with Crippen LogP contribution in [0.15, 0.2) is 24.3 Å². The maximum Gasteiger partial charge on any atom is 0.152 e. The molecule has 2 rings (SSSR count). The number of nitrogens with zero attached hydrogens (tertiary/aromatic N) is 2. The minimum atomic E-state index is -0.290. The van der Waals surface area contributed by atoms with Crippen molar-refractivity contribution in [3.8, 4) is 11.3 Å². The molecule has 2 aromatic rings. The summed E-state index contributed by atoms with van der Waals surface area (Å²) in [5.41, 5.74) is 2.66. The number of halogens is 1. The largest absolute Gasteiger partial charge is 0.371 e. The van der Waals surface area contributed by atoms with Crippen LogP contribution < -0.4 is 5.32 Å². The van der Waals surface area contributed by atoms with Gasteiger partial charge in [-0.1, -0.05) is 12.1 Å². The number of benzene rings is 1. The number of aryl methyl sites for hydroxylation is 2. The van der Waals surface area contributed by atoms with Gasteiger partial charge in [-0.3, -0.25) is 0 Å². The van der Waals surface area contributed by atoms with Gasteiger partial charge in [-0.05, 0) is 26.0 Å². The highest BCUT2D eigenvalue weighted by Gasteiger charge is 2.13. The Hall–Kier alpha value is -1.97. The molecule has 0 aliphatic rings. The first-order valence-corrected chi connectivity index (χ1v) is 5.41. The van der Waals surface area contributed by atoms with Crippen molar-refractivity contribution in [1.29, 1.82) is 0 Å². The van der Waals surface area contributed by atoms with Crippen LogP contribution in [0.2, 0.25) is 0 Å². The molecule has 1 N–H and O–H groups in total. The first kappa shape index (κ1) is 11.5. The number of aromatic nitrogens is 2. The first-order chi connectivity index (χ1) is 8.13. The molecule has 0 unspecified atom stereocenters. The lowest BCUT2D eigenvalue weighted by atomic mass is 10.1. The molecule has 1 aromatic heterocycles. The Labute approximate surface area is 99.7 Å². The number of nitrogens with one attached hydrogen (secondary N) is 1. The number of rotatable bonds is 2. The van der Waals surface area contributed by atoms with Gasteiger partial charge in [0.05, 0.1) is 11.4 Å². The van der Waals surface area contributed by atoms with Crippen molar-refractivity contribution in [2.24, 2.45) is 0 Å². The Morgan fingerprint density at radius 3 is 2.35 bits per heavy atom. The molecule has 0 amide bonds. The molecule has 0 fully saturated rings. The zero-order valence-corrected chi connectivity index (χ0v) is 10.1. The van der Waals surface area contributed by atoms with Crippen molar-refractivity contribution in [3.63, 3.8) is 0 Å². The van der Waals surface area contributed by atoms with E-state index in [2.05, 4.69) is 15.3 Å². The molecule has 0 bridgehead atoms. The van der Waals surface area contributed by atoms with E-state index in [-0.39, 0.29) is 5.82 Å². The standard InChI is InChI=1S/C13H14FN3/c1-8-9(2)17-13(15-3)12(16-8)10-6-4-5-7-11(10)14/h4-7H,1-3H3,(H,15,17). The third-order valence-corrected chi connectivity index (χ3v) is 2.67. The molecule has 0 aliphatic heterocycles. The van der Waals surface area contributed by atoms with Gasteiger partial charge in [-0.15, -0.1) is 0 Å². The highest BCUT2D eigenvalue weighted by atomic mass is 19.1. The molecule has 0 saturated carbocycles. The maximum atomic E-state index is 13.7. The van der Waals surface area contributed by atoms with Crippen LogP contribution in [0.4, 0.5) is 10.2 Å². The fourth-order valence-electron chi connectivity index (χ4n) is 1.62. The van der Waals surface area contributed by atoms with Crippen LogP contribution in [0.3, 0.4) is 0 Å². The highest BCUT2D eigenvalue weighted by Crippen LogP contribution is 2.27. The van der Waals surface area contributed by atoms with E-state index < -0.39 is 0 Å². The zero-order chi connectivity index (χ0) is 12.4. The predicted octanol–water partition coefficient (Wildman–Crippen LogP) is 2.94. The topological polar surface area (TPSA) is 37.8 Å². The zero-order valence-electron chi connectivity index (χ0n) is 10.1. The predicted molar refractivity (Wildman–Crippen MR) is 66.4 cm³/mol. The van der Waals surface area contributed by atoms with Gasteiger partial charge in [0.1, 0.15) is 11.5 Å². The van der Waals surface area contributed by atoms with Gasteiger partial charge in [-0.2, -0.15) is 0 Å².